The average molecular weight is 537 g/mol. The van der Waals surface area contributed by atoms with E-state index >= 15 is 0 Å². The third kappa shape index (κ3) is 6.72. The van der Waals surface area contributed by atoms with Gasteiger partial charge in [-0.2, -0.15) is 0 Å². The van der Waals surface area contributed by atoms with Crippen molar-refractivity contribution in [3.8, 4) is 5.75 Å². The van der Waals surface area contributed by atoms with Crippen LogP contribution in [-0.4, -0.2) is 55.1 Å². The lowest BCUT2D eigenvalue weighted by Gasteiger charge is -2.37. The normalized spacial score (nSPS) is 18.9. The Labute approximate surface area is 231 Å². The number of carbonyl (C=O) groups excluding carboxylic acids is 2. The number of rotatable bonds is 9. The molecule has 3 aliphatic rings. The van der Waals surface area contributed by atoms with Gasteiger partial charge < -0.3 is 15.4 Å². The third-order valence-electron chi connectivity index (χ3n) is 8.36. The Kier molecular flexibility index (Phi) is 9.02. The van der Waals surface area contributed by atoms with E-state index in [4.69, 9.17) is 4.74 Å². The van der Waals surface area contributed by atoms with Crippen molar-refractivity contribution in [1.82, 2.24) is 15.6 Å². The molecule has 1 atom stereocenters. The highest BCUT2D eigenvalue weighted by atomic mass is 19.1. The quantitative estimate of drug-likeness (QED) is 0.479. The highest BCUT2D eigenvalue weighted by molar-refractivity contribution is 5.98. The van der Waals surface area contributed by atoms with Crippen molar-refractivity contribution in [1.29, 1.82) is 0 Å². The maximum Gasteiger partial charge on any atom is 0.263 e. The Balaban J connectivity index is 1.30. The number of anilines is 1. The monoisotopic (exact) mass is 536 g/mol. The molecule has 7 nitrogen and oxygen atoms in total. The zero-order chi connectivity index (χ0) is 27.2. The SMILES string of the molecule is CCN(C(=O)C(CC1CCCCC1)NC(=O)c1ccc(OC2CCNCC2)cc1)N1CCc2cc(F)ccc21. The number of likely N-dealkylation sites (N-methyl/N-ethyl adjacent to an activating group) is 1. The summed E-state index contributed by atoms with van der Waals surface area (Å²) in [6.45, 7) is 4.93. The number of nitrogens with zero attached hydrogens (tertiary/aromatic N) is 2. The molecule has 39 heavy (non-hydrogen) atoms. The summed E-state index contributed by atoms with van der Waals surface area (Å²) in [6, 6.07) is 11.3. The van der Waals surface area contributed by atoms with Gasteiger partial charge in [-0.25, -0.2) is 4.39 Å². The summed E-state index contributed by atoms with van der Waals surface area (Å²) < 4.78 is 19.9. The van der Waals surface area contributed by atoms with E-state index in [9.17, 15) is 14.0 Å². The van der Waals surface area contributed by atoms with Crippen LogP contribution in [0.15, 0.2) is 42.5 Å². The lowest BCUT2D eigenvalue weighted by Crippen LogP contribution is -2.55. The summed E-state index contributed by atoms with van der Waals surface area (Å²) in [4.78, 5) is 27.4. The lowest BCUT2D eigenvalue weighted by atomic mass is 9.84. The van der Waals surface area contributed by atoms with Crippen molar-refractivity contribution in [3.05, 3.63) is 59.4 Å². The fourth-order valence-corrected chi connectivity index (χ4v) is 6.24. The molecule has 2 aromatic rings. The summed E-state index contributed by atoms with van der Waals surface area (Å²) >= 11 is 0. The van der Waals surface area contributed by atoms with Crippen LogP contribution < -0.4 is 20.4 Å². The van der Waals surface area contributed by atoms with E-state index in [1.54, 1.807) is 29.3 Å². The molecule has 0 spiro atoms. The number of benzene rings is 2. The van der Waals surface area contributed by atoms with Crippen LogP contribution in [0.2, 0.25) is 0 Å². The molecule has 5 rings (SSSR count). The fourth-order valence-electron chi connectivity index (χ4n) is 6.24. The van der Waals surface area contributed by atoms with Gasteiger partial charge in [0.1, 0.15) is 23.7 Å². The Morgan fingerprint density at radius 1 is 1.08 bits per heavy atom. The Bertz CT molecular complexity index is 1130. The van der Waals surface area contributed by atoms with Crippen molar-refractivity contribution >= 4 is 17.5 Å². The Morgan fingerprint density at radius 3 is 2.54 bits per heavy atom. The molecule has 210 valence electrons. The predicted molar refractivity (Wildman–Crippen MR) is 150 cm³/mol. The topological polar surface area (TPSA) is 73.9 Å². The molecule has 1 unspecified atom stereocenters. The van der Waals surface area contributed by atoms with Gasteiger partial charge in [0.2, 0.25) is 0 Å². The first kappa shape index (κ1) is 27.4. The standard InChI is InChI=1S/C31H41FN4O3/c1-2-35(36-19-16-24-21-25(32)10-13-29(24)36)31(38)28(20-22-6-4-3-5-7-22)34-30(37)23-8-11-26(12-9-23)39-27-14-17-33-18-15-27/h8-13,21-22,27-28,33H,2-7,14-20H2,1H3,(H,34,37). The van der Waals surface area contributed by atoms with Crippen LogP contribution in [-0.2, 0) is 11.2 Å². The maximum absolute atomic E-state index is 14.0. The van der Waals surface area contributed by atoms with Gasteiger partial charge in [-0.1, -0.05) is 32.1 Å². The first-order valence-electron chi connectivity index (χ1n) is 14.7. The van der Waals surface area contributed by atoms with Crippen LogP contribution in [0.3, 0.4) is 0 Å². The van der Waals surface area contributed by atoms with E-state index in [0.29, 0.717) is 37.4 Å². The van der Waals surface area contributed by atoms with Crippen molar-refractivity contribution in [2.45, 2.75) is 76.9 Å². The average Bonchev–Trinajstić information content (AvgIpc) is 3.37. The molecular weight excluding hydrogens is 495 g/mol. The van der Waals surface area contributed by atoms with E-state index < -0.39 is 6.04 Å². The Hall–Kier alpha value is -3.13. The van der Waals surface area contributed by atoms with Gasteiger partial charge in [-0.05, 0) is 99.6 Å². The molecule has 2 aromatic carbocycles. The second-order valence-electron chi connectivity index (χ2n) is 11.1. The van der Waals surface area contributed by atoms with Crippen molar-refractivity contribution < 1.29 is 18.7 Å². The second kappa shape index (κ2) is 12.8. The molecular formula is C31H41FN4O3. The zero-order valence-corrected chi connectivity index (χ0v) is 23.0. The van der Waals surface area contributed by atoms with Crippen molar-refractivity contribution in [2.75, 3.05) is 31.2 Å². The highest BCUT2D eigenvalue weighted by Crippen LogP contribution is 2.32. The number of amides is 2. The van der Waals surface area contributed by atoms with Gasteiger partial charge in [-0.3, -0.25) is 19.6 Å². The fraction of sp³-hybridized carbons (Fsp3) is 0.548. The molecule has 1 aliphatic carbocycles. The smallest absolute Gasteiger partial charge is 0.263 e. The van der Waals surface area contributed by atoms with Gasteiger partial charge in [-0.15, -0.1) is 0 Å². The van der Waals surface area contributed by atoms with Crippen LogP contribution in [0.4, 0.5) is 10.1 Å². The van der Waals surface area contributed by atoms with Crippen LogP contribution in [0.5, 0.6) is 5.75 Å². The molecule has 0 bridgehead atoms. The van der Waals surface area contributed by atoms with Crippen molar-refractivity contribution in [3.63, 3.8) is 0 Å². The summed E-state index contributed by atoms with van der Waals surface area (Å²) in [5, 5.41) is 10.1. The minimum atomic E-state index is -0.629. The largest absolute Gasteiger partial charge is 0.490 e. The summed E-state index contributed by atoms with van der Waals surface area (Å²) in [7, 11) is 0. The molecule has 8 heteroatoms. The van der Waals surface area contributed by atoms with Gasteiger partial charge >= 0.3 is 0 Å². The molecule has 2 amide bonds. The number of carbonyl (C=O) groups is 2. The van der Waals surface area contributed by atoms with Crippen molar-refractivity contribution in [2.24, 2.45) is 5.92 Å². The molecule has 2 aliphatic heterocycles. The first-order valence-corrected chi connectivity index (χ1v) is 14.7. The molecule has 1 saturated heterocycles. The number of fused-ring (bicyclic) bond motifs is 1. The van der Waals surface area contributed by atoms with Crippen LogP contribution >= 0.6 is 0 Å². The summed E-state index contributed by atoms with van der Waals surface area (Å²) in [5.41, 5.74) is 2.28. The molecule has 0 radical (unpaired) electrons. The minimum absolute atomic E-state index is 0.112. The second-order valence-corrected chi connectivity index (χ2v) is 11.1. The van der Waals surface area contributed by atoms with Gasteiger partial charge in [0, 0.05) is 18.7 Å². The number of nitrogens with one attached hydrogen (secondary N) is 2. The van der Waals surface area contributed by atoms with E-state index in [1.807, 2.05) is 24.1 Å². The molecule has 2 heterocycles. The van der Waals surface area contributed by atoms with E-state index in [-0.39, 0.29) is 23.7 Å². The number of piperidine rings is 1. The number of hydrogen-bond acceptors (Lipinski definition) is 5. The van der Waals surface area contributed by atoms with Gasteiger partial charge in [0.05, 0.1) is 5.69 Å². The first-order chi connectivity index (χ1) is 19.0. The molecule has 0 aromatic heterocycles. The van der Waals surface area contributed by atoms with Gasteiger partial charge in [0.15, 0.2) is 0 Å². The third-order valence-corrected chi connectivity index (χ3v) is 8.36. The van der Waals surface area contributed by atoms with E-state index in [2.05, 4.69) is 10.6 Å². The minimum Gasteiger partial charge on any atom is -0.490 e. The van der Waals surface area contributed by atoms with E-state index in [1.165, 1.54) is 25.3 Å². The highest BCUT2D eigenvalue weighted by Gasteiger charge is 2.34. The Morgan fingerprint density at radius 2 is 1.82 bits per heavy atom. The molecule has 2 N–H and O–H groups in total. The molecule has 2 fully saturated rings. The maximum atomic E-state index is 14.0. The van der Waals surface area contributed by atoms with E-state index in [0.717, 1.165) is 55.8 Å². The number of hydrogen-bond donors (Lipinski definition) is 2. The number of ether oxygens (including phenoxy) is 1. The number of hydrazine groups is 1. The number of halogens is 1. The van der Waals surface area contributed by atoms with Gasteiger partial charge in [0.25, 0.3) is 11.8 Å². The zero-order valence-electron chi connectivity index (χ0n) is 23.0. The lowest BCUT2D eigenvalue weighted by molar-refractivity contribution is -0.134. The molecule has 1 saturated carbocycles. The van der Waals surface area contributed by atoms with Crippen LogP contribution in [0.1, 0.15) is 74.2 Å². The van der Waals surface area contributed by atoms with Crippen LogP contribution in [0.25, 0.3) is 0 Å². The predicted octanol–water partition coefficient (Wildman–Crippen LogP) is 4.85. The van der Waals surface area contributed by atoms with Crippen LogP contribution in [0, 0.1) is 11.7 Å². The summed E-state index contributed by atoms with van der Waals surface area (Å²) in [5.74, 6) is 0.540. The summed E-state index contributed by atoms with van der Waals surface area (Å²) in [6.07, 6.45) is 9.17.